The lowest BCUT2D eigenvalue weighted by Crippen LogP contribution is -2.52. The number of rotatable bonds is 5. The highest BCUT2D eigenvalue weighted by Crippen LogP contribution is 2.42. The highest BCUT2D eigenvalue weighted by atomic mass is 35.5. The highest BCUT2D eigenvalue weighted by molar-refractivity contribution is 6.36. The average Bonchev–Trinajstić information content (AvgIpc) is 3.74. The minimum atomic E-state index is 0.172. The number of nitrogens with one attached hydrogen (secondary N) is 3. The van der Waals surface area contributed by atoms with E-state index < -0.39 is 0 Å². The molecule has 33 heavy (non-hydrogen) atoms. The number of hydrogen-bond acceptors (Lipinski definition) is 9. The number of anilines is 4. The molecular formula is C22H21ClN10. The van der Waals surface area contributed by atoms with Gasteiger partial charge in [0.25, 0.3) is 0 Å². The zero-order chi connectivity index (χ0) is 22.6. The predicted octanol–water partition coefficient (Wildman–Crippen LogP) is 2.78. The maximum atomic E-state index is 9.65. The minimum Gasteiger partial charge on any atom is -0.367 e. The summed E-state index contributed by atoms with van der Waals surface area (Å²) in [5.41, 5.74) is 2.81. The third-order valence-electron chi connectivity index (χ3n) is 6.40. The predicted molar refractivity (Wildman–Crippen MR) is 124 cm³/mol. The Morgan fingerprint density at radius 1 is 1.18 bits per heavy atom. The maximum Gasteiger partial charge on any atom is 0.232 e. The lowest BCUT2D eigenvalue weighted by atomic mass is 10.1. The monoisotopic (exact) mass is 460 g/mol. The zero-order valence-electron chi connectivity index (χ0n) is 17.8. The molecule has 10 nitrogen and oxygen atoms in total. The van der Waals surface area contributed by atoms with Crippen molar-refractivity contribution < 1.29 is 0 Å². The number of nitrogens with zero attached hydrogens (tertiary/aromatic N) is 7. The second-order valence-electron chi connectivity index (χ2n) is 8.92. The molecule has 166 valence electrons. The number of aromatic nitrogens is 4. The molecule has 11 heteroatoms. The van der Waals surface area contributed by atoms with Crippen LogP contribution in [0.2, 0.25) is 5.02 Å². The highest BCUT2D eigenvalue weighted by Gasteiger charge is 2.45. The lowest BCUT2D eigenvalue weighted by molar-refractivity contribution is 0.442. The Labute approximate surface area is 195 Å². The van der Waals surface area contributed by atoms with Crippen molar-refractivity contribution in [3.63, 3.8) is 0 Å². The van der Waals surface area contributed by atoms with Crippen molar-refractivity contribution in [3.8, 4) is 12.1 Å². The van der Waals surface area contributed by atoms with Crippen molar-refractivity contribution in [1.82, 2.24) is 24.9 Å². The van der Waals surface area contributed by atoms with E-state index in [4.69, 9.17) is 11.6 Å². The second kappa shape index (κ2) is 7.48. The van der Waals surface area contributed by atoms with E-state index in [1.165, 1.54) is 10.7 Å². The van der Waals surface area contributed by atoms with Gasteiger partial charge in [-0.15, -0.1) is 0 Å². The summed E-state index contributed by atoms with van der Waals surface area (Å²) in [7, 11) is 0. The minimum absolute atomic E-state index is 0.172. The number of hydrogen-bond donors (Lipinski definition) is 3. The molecule has 1 aliphatic heterocycles. The average molecular weight is 461 g/mol. The molecule has 1 aromatic carbocycles. The van der Waals surface area contributed by atoms with Crippen LogP contribution in [0.25, 0.3) is 5.65 Å². The molecule has 2 saturated carbocycles. The zero-order valence-corrected chi connectivity index (χ0v) is 18.5. The molecule has 0 bridgehead atoms. The van der Waals surface area contributed by atoms with E-state index in [0.29, 0.717) is 39.5 Å². The largest absolute Gasteiger partial charge is 0.367 e. The Kier molecular flexibility index (Phi) is 4.54. The third kappa shape index (κ3) is 3.67. The molecule has 3 fully saturated rings. The van der Waals surface area contributed by atoms with E-state index in [0.717, 1.165) is 51.0 Å². The maximum absolute atomic E-state index is 9.65. The van der Waals surface area contributed by atoms with Gasteiger partial charge < -0.3 is 20.9 Å². The molecule has 2 aliphatic carbocycles. The van der Waals surface area contributed by atoms with Gasteiger partial charge in [0.1, 0.15) is 11.6 Å². The molecule has 1 spiro atoms. The van der Waals surface area contributed by atoms with Crippen LogP contribution in [0.5, 0.6) is 0 Å². The first-order valence-corrected chi connectivity index (χ1v) is 11.4. The number of fused-ring (bicyclic) bond motifs is 1. The van der Waals surface area contributed by atoms with E-state index in [1.54, 1.807) is 6.07 Å². The third-order valence-corrected chi connectivity index (χ3v) is 6.79. The standard InChI is InChI=1S/C22H21ClN10/c23-18-16(7-13(9-24)8-17(18)32-6-5-26-22(12-32)3-4-22)29-20-30-19-14(10-25)11-27-33(19)21(31-20)28-15-1-2-15/h7-8,11,15,26H,1-6,12H2,(H2,28,29,30,31). The van der Waals surface area contributed by atoms with Crippen LogP contribution in [0.4, 0.5) is 23.3 Å². The van der Waals surface area contributed by atoms with Crippen molar-refractivity contribution in [2.75, 3.05) is 35.2 Å². The fourth-order valence-corrected chi connectivity index (χ4v) is 4.55. The summed E-state index contributed by atoms with van der Waals surface area (Å²) in [6.45, 7) is 2.55. The molecule has 2 aromatic heterocycles. The summed E-state index contributed by atoms with van der Waals surface area (Å²) in [6.07, 6.45) is 5.91. The van der Waals surface area contributed by atoms with Gasteiger partial charge in [-0.05, 0) is 37.8 Å². The number of halogens is 1. The van der Waals surface area contributed by atoms with Crippen LogP contribution in [-0.4, -0.2) is 50.8 Å². The van der Waals surface area contributed by atoms with Gasteiger partial charge in [0, 0.05) is 31.2 Å². The van der Waals surface area contributed by atoms with Crippen molar-refractivity contribution in [2.45, 2.75) is 37.3 Å². The van der Waals surface area contributed by atoms with Crippen LogP contribution in [0.1, 0.15) is 36.8 Å². The molecule has 3 aromatic rings. The normalized spacial score (nSPS) is 18.7. The SMILES string of the molecule is N#Cc1cc(Nc2nc(NC3CC3)n3ncc(C#N)c3n2)c(Cl)c(N2CCNC3(CC3)C2)c1. The van der Waals surface area contributed by atoms with Crippen molar-refractivity contribution in [1.29, 1.82) is 10.5 Å². The smallest absolute Gasteiger partial charge is 0.232 e. The first kappa shape index (κ1) is 20.0. The Bertz CT molecular complexity index is 1340. The van der Waals surface area contributed by atoms with Crippen LogP contribution in [0.3, 0.4) is 0 Å². The topological polar surface area (TPSA) is 130 Å². The van der Waals surface area contributed by atoms with Gasteiger partial charge in [0.05, 0.1) is 34.2 Å². The van der Waals surface area contributed by atoms with Crippen molar-refractivity contribution >= 4 is 40.5 Å². The van der Waals surface area contributed by atoms with E-state index in [9.17, 15) is 10.5 Å². The van der Waals surface area contributed by atoms with E-state index in [1.807, 2.05) is 6.07 Å². The quantitative estimate of drug-likeness (QED) is 0.526. The molecule has 1 saturated heterocycles. The Morgan fingerprint density at radius 3 is 2.76 bits per heavy atom. The molecule has 3 aliphatic rings. The molecule has 0 amide bonds. The summed E-state index contributed by atoms with van der Waals surface area (Å²) in [4.78, 5) is 11.3. The Hall–Kier alpha value is -3.60. The molecule has 3 N–H and O–H groups in total. The Balaban J connectivity index is 1.39. The molecular weight excluding hydrogens is 440 g/mol. The van der Waals surface area contributed by atoms with E-state index in [-0.39, 0.29) is 11.5 Å². The Morgan fingerprint density at radius 2 is 2.03 bits per heavy atom. The molecule has 0 unspecified atom stereocenters. The molecule has 6 rings (SSSR count). The van der Waals surface area contributed by atoms with Gasteiger partial charge in [0.2, 0.25) is 11.9 Å². The summed E-state index contributed by atoms with van der Waals surface area (Å²) in [5, 5.41) is 34.0. The van der Waals surface area contributed by atoms with Gasteiger partial charge in [-0.25, -0.2) is 0 Å². The van der Waals surface area contributed by atoms with Crippen LogP contribution >= 0.6 is 11.6 Å². The summed E-state index contributed by atoms with van der Waals surface area (Å²) >= 11 is 6.85. The van der Waals surface area contributed by atoms with E-state index >= 15 is 0 Å². The van der Waals surface area contributed by atoms with Crippen LogP contribution in [0, 0.1) is 22.7 Å². The number of benzene rings is 1. The fourth-order valence-electron chi connectivity index (χ4n) is 4.28. The van der Waals surface area contributed by atoms with Crippen molar-refractivity contribution in [3.05, 3.63) is 34.5 Å². The van der Waals surface area contributed by atoms with Gasteiger partial charge >= 0.3 is 0 Å². The molecule has 3 heterocycles. The van der Waals surface area contributed by atoms with Gasteiger partial charge in [0.15, 0.2) is 5.65 Å². The lowest BCUT2D eigenvalue weighted by Gasteiger charge is -2.36. The van der Waals surface area contributed by atoms with Crippen LogP contribution < -0.4 is 20.9 Å². The first-order valence-electron chi connectivity index (χ1n) is 11.0. The summed E-state index contributed by atoms with van der Waals surface area (Å²) < 4.78 is 1.54. The summed E-state index contributed by atoms with van der Waals surface area (Å²) in [5.74, 6) is 0.793. The van der Waals surface area contributed by atoms with Crippen LogP contribution in [0.15, 0.2) is 18.3 Å². The molecule has 0 radical (unpaired) electrons. The van der Waals surface area contributed by atoms with Crippen LogP contribution in [-0.2, 0) is 0 Å². The fraction of sp³-hybridized carbons (Fsp3) is 0.409. The number of piperazine rings is 1. The first-order chi connectivity index (χ1) is 16.1. The van der Waals surface area contributed by atoms with Crippen molar-refractivity contribution in [2.24, 2.45) is 0 Å². The van der Waals surface area contributed by atoms with Gasteiger partial charge in [-0.1, -0.05) is 11.6 Å². The molecule has 0 atom stereocenters. The second-order valence-corrected chi connectivity index (χ2v) is 9.30. The number of nitriles is 2. The van der Waals surface area contributed by atoms with E-state index in [2.05, 4.69) is 48.1 Å². The van der Waals surface area contributed by atoms with Gasteiger partial charge in [-0.3, -0.25) is 0 Å². The van der Waals surface area contributed by atoms with Gasteiger partial charge in [-0.2, -0.15) is 30.1 Å². The summed E-state index contributed by atoms with van der Waals surface area (Å²) in [6, 6.07) is 8.23.